The largest absolute Gasteiger partial charge is 0.388 e. The van der Waals surface area contributed by atoms with E-state index in [1.165, 1.54) is 43.6 Å². The predicted molar refractivity (Wildman–Crippen MR) is 190 cm³/mol. The molecule has 4 nitrogen and oxygen atoms in total. The van der Waals surface area contributed by atoms with Gasteiger partial charge in [-0.3, -0.25) is 4.99 Å². The molecule has 0 aliphatic rings. The van der Waals surface area contributed by atoms with E-state index in [0.717, 1.165) is 28.2 Å². The number of nitrogens with one attached hydrogen (secondary N) is 1. The Labute approximate surface area is 262 Å². The minimum Gasteiger partial charge on any atom is -0.388 e. The normalized spacial score (nSPS) is 12.5. The number of hydrogen-bond acceptors (Lipinski definition) is 2. The monoisotopic (exact) mass is 580 g/mol. The van der Waals surface area contributed by atoms with Gasteiger partial charge in [0, 0.05) is 40.0 Å². The quantitative estimate of drug-likeness (QED) is 0.187. The lowest BCUT2D eigenvalue weighted by Gasteiger charge is -2.11. The van der Waals surface area contributed by atoms with E-state index in [1.807, 2.05) is 19.2 Å². The van der Waals surface area contributed by atoms with Crippen molar-refractivity contribution < 1.29 is 0 Å². The van der Waals surface area contributed by atoms with Crippen molar-refractivity contribution in [2.45, 2.75) is 6.67 Å². The summed E-state index contributed by atoms with van der Waals surface area (Å²) < 4.78 is 4.74. The first-order valence-corrected chi connectivity index (χ1v) is 15.3. The van der Waals surface area contributed by atoms with Gasteiger partial charge in [-0.25, -0.2) is 0 Å². The molecule has 0 radical (unpaired) electrons. The Kier molecular flexibility index (Phi) is 6.73. The summed E-state index contributed by atoms with van der Waals surface area (Å²) in [7, 11) is 1.96. The van der Waals surface area contributed by atoms with E-state index in [9.17, 15) is 0 Å². The van der Waals surface area contributed by atoms with E-state index in [1.54, 1.807) is 0 Å². The molecule has 2 heterocycles. The second kappa shape index (κ2) is 11.3. The molecule has 0 saturated heterocycles. The van der Waals surface area contributed by atoms with E-state index in [-0.39, 0.29) is 0 Å². The lowest BCUT2D eigenvalue weighted by molar-refractivity contribution is 0.794. The SMILES string of the molecule is CN/C(=C\C(=N/Cn1c2ccccc2c2cc3c(cc21)c1ccccc1n3-c1ccccc1)c1ccccc1)c1ccccc1. The number of para-hydroxylation sites is 3. The van der Waals surface area contributed by atoms with Crippen molar-refractivity contribution in [1.29, 1.82) is 0 Å². The smallest absolute Gasteiger partial charge is 0.115 e. The zero-order chi connectivity index (χ0) is 30.2. The fraction of sp³-hybridized carbons (Fsp3) is 0.0488. The van der Waals surface area contributed by atoms with Gasteiger partial charge in [-0.2, -0.15) is 0 Å². The molecule has 0 amide bonds. The molecule has 0 aliphatic heterocycles. The minimum atomic E-state index is 0.485. The Morgan fingerprint density at radius 3 is 1.78 bits per heavy atom. The average molecular weight is 581 g/mol. The van der Waals surface area contributed by atoms with Crippen molar-refractivity contribution in [2.24, 2.45) is 4.99 Å². The van der Waals surface area contributed by atoms with Gasteiger partial charge in [0.05, 0.1) is 27.8 Å². The van der Waals surface area contributed by atoms with Gasteiger partial charge in [-0.05, 0) is 53.6 Å². The lowest BCUT2D eigenvalue weighted by atomic mass is 10.1. The number of nitrogens with zero attached hydrogens (tertiary/aromatic N) is 3. The number of aliphatic imine (C=N–C) groups is 1. The first-order chi connectivity index (χ1) is 22.3. The van der Waals surface area contributed by atoms with Gasteiger partial charge < -0.3 is 14.5 Å². The Bertz CT molecular complexity index is 2360. The van der Waals surface area contributed by atoms with Crippen LogP contribution in [0.25, 0.3) is 55.0 Å². The molecular formula is C41H32N4. The van der Waals surface area contributed by atoms with Crippen molar-refractivity contribution in [3.8, 4) is 5.69 Å². The van der Waals surface area contributed by atoms with Crippen LogP contribution in [0.2, 0.25) is 0 Å². The summed E-state index contributed by atoms with van der Waals surface area (Å²) in [6, 6.07) is 53.6. The molecule has 0 aliphatic carbocycles. The molecule has 1 N–H and O–H groups in total. The van der Waals surface area contributed by atoms with Gasteiger partial charge in [0.15, 0.2) is 0 Å². The van der Waals surface area contributed by atoms with Crippen LogP contribution in [0.4, 0.5) is 0 Å². The molecule has 0 atom stereocenters. The molecular weight excluding hydrogens is 548 g/mol. The van der Waals surface area contributed by atoms with Crippen LogP contribution in [0, 0.1) is 0 Å². The molecule has 4 heteroatoms. The summed E-state index contributed by atoms with van der Waals surface area (Å²) in [5.74, 6) is 0. The Morgan fingerprint density at radius 2 is 1.09 bits per heavy atom. The van der Waals surface area contributed by atoms with Crippen LogP contribution in [-0.2, 0) is 6.67 Å². The summed E-state index contributed by atoms with van der Waals surface area (Å²) in [5.41, 5.74) is 10.1. The second-order valence-electron chi connectivity index (χ2n) is 11.2. The van der Waals surface area contributed by atoms with Crippen LogP contribution in [0.15, 0.2) is 163 Å². The zero-order valence-electron chi connectivity index (χ0n) is 25.1. The number of allylic oxidation sites excluding steroid dienone is 1. The topological polar surface area (TPSA) is 34.2 Å². The molecule has 0 spiro atoms. The van der Waals surface area contributed by atoms with E-state index in [2.05, 4.69) is 160 Å². The molecule has 8 rings (SSSR count). The van der Waals surface area contributed by atoms with Crippen LogP contribution in [-0.4, -0.2) is 21.9 Å². The number of rotatable bonds is 7. The maximum absolute atomic E-state index is 5.30. The van der Waals surface area contributed by atoms with E-state index in [0.29, 0.717) is 6.67 Å². The minimum absolute atomic E-state index is 0.485. The summed E-state index contributed by atoms with van der Waals surface area (Å²) in [4.78, 5) is 5.30. The van der Waals surface area contributed by atoms with Gasteiger partial charge in [-0.15, -0.1) is 0 Å². The van der Waals surface area contributed by atoms with Gasteiger partial charge in [-0.1, -0.05) is 115 Å². The Morgan fingerprint density at radius 1 is 0.556 bits per heavy atom. The van der Waals surface area contributed by atoms with Gasteiger partial charge in [0.1, 0.15) is 6.67 Å². The first-order valence-electron chi connectivity index (χ1n) is 15.3. The third kappa shape index (κ3) is 4.68. The van der Waals surface area contributed by atoms with Gasteiger partial charge in [0.2, 0.25) is 0 Å². The van der Waals surface area contributed by atoms with Crippen molar-refractivity contribution in [1.82, 2.24) is 14.5 Å². The van der Waals surface area contributed by atoms with Crippen LogP contribution in [0.3, 0.4) is 0 Å². The third-order valence-electron chi connectivity index (χ3n) is 8.67. The highest BCUT2D eigenvalue weighted by Crippen LogP contribution is 2.38. The van der Waals surface area contributed by atoms with E-state index in [4.69, 9.17) is 4.99 Å². The van der Waals surface area contributed by atoms with Crippen molar-refractivity contribution in [3.05, 3.63) is 169 Å². The van der Waals surface area contributed by atoms with Crippen LogP contribution < -0.4 is 5.32 Å². The highest BCUT2D eigenvalue weighted by molar-refractivity contribution is 6.18. The zero-order valence-corrected chi connectivity index (χ0v) is 25.1. The lowest BCUT2D eigenvalue weighted by Crippen LogP contribution is -2.09. The second-order valence-corrected chi connectivity index (χ2v) is 11.2. The summed E-state index contributed by atoms with van der Waals surface area (Å²) in [5, 5.41) is 8.33. The molecule has 0 unspecified atom stereocenters. The van der Waals surface area contributed by atoms with E-state index < -0.39 is 0 Å². The highest BCUT2D eigenvalue weighted by atomic mass is 15.1. The fourth-order valence-electron chi connectivity index (χ4n) is 6.55. The maximum Gasteiger partial charge on any atom is 0.115 e. The Balaban J connectivity index is 1.35. The molecule has 45 heavy (non-hydrogen) atoms. The predicted octanol–water partition coefficient (Wildman–Crippen LogP) is 9.60. The van der Waals surface area contributed by atoms with Crippen LogP contribution in [0.1, 0.15) is 11.1 Å². The molecule has 0 bridgehead atoms. The Hall–Kier alpha value is -5.87. The van der Waals surface area contributed by atoms with Gasteiger partial charge >= 0.3 is 0 Å². The standard InChI is InChI=1S/C41H32N4/c1-42-36(29-15-5-2-6-16-29)27-37(30-17-7-3-8-18-30)43-28-44-38-23-13-11-21-32(38)34-26-41-35(25-40(34)44)33-22-12-14-24-39(33)45(41)31-19-9-4-10-20-31/h2-27,42H,28H2,1H3/b36-27-,43-37+. The number of hydrogen-bond donors (Lipinski definition) is 1. The molecule has 8 aromatic rings. The molecule has 0 fully saturated rings. The first kappa shape index (κ1) is 26.7. The van der Waals surface area contributed by atoms with Crippen molar-refractivity contribution in [2.75, 3.05) is 7.05 Å². The maximum atomic E-state index is 5.30. The fourth-order valence-corrected chi connectivity index (χ4v) is 6.55. The average Bonchev–Trinajstić information content (AvgIpc) is 3.60. The van der Waals surface area contributed by atoms with Crippen LogP contribution in [0.5, 0.6) is 0 Å². The van der Waals surface area contributed by atoms with Crippen molar-refractivity contribution in [3.63, 3.8) is 0 Å². The molecule has 216 valence electrons. The third-order valence-corrected chi connectivity index (χ3v) is 8.67. The summed E-state index contributed by atoms with van der Waals surface area (Å²) in [6.45, 7) is 0.485. The number of benzene rings is 6. The van der Waals surface area contributed by atoms with Gasteiger partial charge in [0.25, 0.3) is 0 Å². The van der Waals surface area contributed by atoms with E-state index >= 15 is 0 Å². The number of aromatic nitrogens is 2. The van der Waals surface area contributed by atoms with Crippen molar-refractivity contribution >= 4 is 55.0 Å². The molecule has 0 saturated carbocycles. The highest BCUT2D eigenvalue weighted by Gasteiger charge is 2.17. The summed E-state index contributed by atoms with van der Waals surface area (Å²) >= 11 is 0. The summed E-state index contributed by atoms with van der Waals surface area (Å²) in [6.07, 6.45) is 2.16. The molecule has 2 aromatic heterocycles. The van der Waals surface area contributed by atoms with Crippen LogP contribution >= 0.6 is 0 Å². The number of fused-ring (bicyclic) bond motifs is 6. The molecule has 6 aromatic carbocycles.